The smallest absolute Gasteiger partial charge is 0.226 e. The minimum Gasteiger partial charge on any atom is -0.352 e. The first-order chi connectivity index (χ1) is 13.8. The summed E-state index contributed by atoms with van der Waals surface area (Å²) in [5, 5.41) is 9.10. The van der Waals surface area contributed by atoms with Crippen LogP contribution in [0.4, 0.5) is 5.95 Å². The van der Waals surface area contributed by atoms with Gasteiger partial charge in [-0.05, 0) is 36.8 Å². The van der Waals surface area contributed by atoms with Crippen LogP contribution in [-0.4, -0.2) is 45.1 Å². The molecule has 0 radical (unpaired) electrons. The van der Waals surface area contributed by atoms with Gasteiger partial charge in [0, 0.05) is 44.4 Å². The highest BCUT2D eigenvalue weighted by Crippen LogP contribution is 2.21. The molecule has 0 bridgehead atoms. The van der Waals surface area contributed by atoms with Gasteiger partial charge in [-0.25, -0.2) is 9.97 Å². The summed E-state index contributed by atoms with van der Waals surface area (Å²) in [5.74, 6) is 1.96. The maximum atomic E-state index is 12.3. The number of nitrogens with one attached hydrogen (secondary N) is 1. The Bertz CT molecular complexity index is 883. The lowest BCUT2D eigenvalue weighted by Crippen LogP contribution is -2.48. The van der Waals surface area contributed by atoms with Crippen LogP contribution in [0.2, 0.25) is 0 Å². The van der Waals surface area contributed by atoms with E-state index in [0.29, 0.717) is 31.0 Å². The molecule has 3 aromatic rings. The van der Waals surface area contributed by atoms with Crippen LogP contribution in [0, 0.1) is 0 Å². The predicted molar refractivity (Wildman–Crippen MR) is 106 cm³/mol. The van der Waals surface area contributed by atoms with E-state index in [1.807, 2.05) is 17.5 Å². The maximum Gasteiger partial charge on any atom is 0.226 e. The summed E-state index contributed by atoms with van der Waals surface area (Å²) in [6.45, 7) is 1.66. The van der Waals surface area contributed by atoms with Gasteiger partial charge in [-0.15, -0.1) is 11.3 Å². The molecule has 4 rings (SSSR count). The molecule has 1 atom stereocenters. The summed E-state index contributed by atoms with van der Waals surface area (Å²) in [6, 6.07) is 5.84. The van der Waals surface area contributed by atoms with E-state index in [9.17, 15) is 4.79 Å². The van der Waals surface area contributed by atoms with Crippen LogP contribution >= 0.6 is 11.3 Å². The van der Waals surface area contributed by atoms with Gasteiger partial charge in [0.25, 0.3) is 0 Å². The van der Waals surface area contributed by atoms with Gasteiger partial charge in [-0.3, -0.25) is 4.79 Å². The summed E-state index contributed by atoms with van der Waals surface area (Å²) in [7, 11) is 0. The second kappa shape index (κ2) is 8.92. The summed E-state index contributed by atoms with van der Waals surface area (Å²) in [5.41, 5.74) is 0. The van der Waals surface area contributed by atoms with Crippen molar-refractivity contribution in [2.45, 2.75) is 38.1 Å². The lowest BCUT2D eigenvalue weighted by atomic mass is 10.1. The quantitative estimate of drug-likeness (QED) is 0.653. The molecule has 4 heterocycles. The molecule has 0 aliphatic carbocycles. The van der Waals surface area contributed by atoms with Gasteiger partial charge in [-0.1, -0.05) is 11.2 Å². The fraction of sp³-hybridized carbons (Fsp3) is 0.421. The normalized spacial score (nSPS) is 16.9. The molecule has 1 amide bonds. The number of carbonyl (C=O) groups is 1. The van der Waals surface area contributed by atoms with Crippen molar-refractivity contribution in [3.63, 3.8) is 0 Å². The van der Waals surface area contributed by atoms with Crippen molar-refractivity contribution in [3.8, 4) is 10.7 Å². The van der Waals surface area contributed by atoms with Crippen molar-refractivity contribution < 1.29 is 9.32 Å². The first-order valence-electron chi connectivity index (χ1n) is 9.46. The minimum atomic E-state index is 0.0545. The zero-order chi connectivity index (χ0) is 19.2. The molecule has 1 aliphatic heterocycles. The predicted octanol–water partition coefficient (Wildman–Crippen LogP) is 2.70. The van der Waals surface area contributed by atoms with Crippen molar-refractivity contribution >= 4 is 23.2 Å². The number of piperidine rings is 1. The van der Waals surface area contributed by atoms with E-state index in [-0.39, 0.29) is 11.9 Å². The van der Waals surface area contributed by atoms with E-state index < -0.39 is 0 Å². The van der Waals surface area contributed by atoms with Crippen molar-refractivity contribution in [1.82, 2.24) is 25.4 Å². The number of aromatic nitrogens is 4. The third-order valence-electron chi connectivity index (χ3n) is 4.63. The average molecular weight is 398 g/mol. The lowest BCUT2D eigenvalue weighted by molar-refractivity contribution is -0.121. The third-order valence-corrected chi connectivity index (χ3v) is 5.49. The van der Waals surface area contributed by atoms with Crippen molar-refractivity contribution in [1.29, 1.82) is 0 Å². The lowest BCUT2D eigenvalue weighted by Gasteiger charge is -2.33. The Kier molecular flexibility index (Phi) is 5.91. The molecular formula is C19H22N6O2S. The highest BCUT2D eigenvalue weighted by Gasteiger charge is 2.22. The Balaban J connectivity index is 1.21. The van der Waals surface area contributed by atoms with Gasteiger partial charge in [0.2, 0.25) is 23.6 Å². The number of carbonyl (C=O) groups excluding carboxylic acids is 1. The fourth-order valence-electron chi connectivity index (χ4n) is 3.29. The fourth-order valence-corrected chi connectivity index (χ4v) is 3.94. The molecule has 146 valence electrons. The Hall–Kier alpha value is -2.81. The minimum absolute atomic E-state index is 0.0545. The monoisotopic (exact) mass is 398 g/mol. The second-order valence-electron chi connectivity index (χ2n) is 6.74. The van der Waals surface area contributed by atoms with Crippen molar-refractivity contribution in [2.75, 3.05) is 18.0 Å². The SMILES string of the molecule is O=C(CCCc1nc(-c2cccs2)no1)NC1CCCN(c2ncccn2)C1. The first kappa shape index (κ1) is 18.5. The van der Waals surface area contributed by atoms with Crippen molar-refractivity contribution in [2.24, 2.45) is 0 Å². The Morgan fingerprint density at radius 3 is 3.04 bits per heavy atom. The van der Waals surface area contributed by atoms with Crippen LogP contribution in [0.15, 0.2) is 40.5 Å². The number of anilines is 1. The Morgan fingerprint density at radius 1 is 1.32 bits per heavy atom. The molecule has 0 spiro atoms. The Labute approximate surface area is 167 Å². The molecule has 1 fully saturated rings. The topological polar surface area (TPSA) is 97.0 Å². The number of amides is 1. The van der Waals surface area contributed by atoms with E-state index in [0.717, 1.165) is 36.8 Å². The van der Waals surface area contributed by atoms with Crippen LogP contribution in [0.5, 0.6) is 0 Å². The van der Waals surface area contributed by atoms with E-state index >= 15 is 0 Å². The van der Waals surface area contributed by atoms with Crippen LogP contribution in [0.3, 0.4) is 0 Å². The highest BCUT2D eigenvalue weighted by atomic mass is 32.1. The number of thiophene rings is 1. The van der Waals surface area contributed by atoms with E-state index in [1.54, 1.807) is 29.8 Å². The molecule has 0 saturated carbocycles. The van der Waals surface area contributed by atoms with Crippen LogP contribution in [0.25, 0.3) is 10.7 Å². The number of aryl methyl sites for hydroxylation is 1. The van der Waals surface area contributed by atoms with Gasteiger partial charge in [0.05, 0.1) is 4.88 Å². The van der Waals surface area contributed by atoms with E-state index in [1.165, 1.54) is 0 Å². The largest absolute Gasteiger partial charge is 0.352 e. The summed E-state index contributed by atoms with van der Waals surface area (Å²) in [6.07, 6.45) is 7.18. The Morgan fingerprint density at radius 2 is 2.21 bits per heavy atom. The van der Waals surface area contributed by atoms with E-state index in [2.05, 4.69) is 30.3 Å². The van der Waals surface area contributed by atoms with Crippen molar-refractivity contribution in [3.05, 3.63) is 41.9 Å². The van der Waals surface area contributed by atoms with Gasteiger partial charge in [-0.2, -0.15) is 4.98 Å². The van der Waals surface area contributed by atoms with Crippen LogP contribution < -0.4 is 10.2 Å². The third kappa shape index (κ3) is 4.72. The molecule has 1 saturated heterocycles. The van der Waals surface area contributed by atoms with Gasteiger partial charge in [0.15, 0.2) is 0 Å². The first-order valence-corrected chi connectivity index (χ1v) is 10.3. The van der Waals surface area contributed by atoms with Crippen LogP contribution in [-0.2, 0) is 11.2 Å². The summed E-state index contributed by atoms with van der Waals surface area (Å²) >= 11 is 1.57. The van der Waals surface area contributed by atoms with Gasteiger partial charge < -0.3 is 14.7 Å². The summed E-state index contributed by atoms with van der Waals surface area (Å²) in [4.78, 5) is 28.4. The molecule has 8 nitrogen and oxygen atoms in total. The molecule has 9 heteroatoms. The number of hydrogen-bond donors (Lipinski definition) is 1. The molecule has 1 unspecified atom stereocenters. The number of rotatable bonds is 7. The number of hydrogen-bond acceptors (Lipinski definition) is 8. The second-order valence-corrected chi connectivity index (χ2v) is 7.69. The molecule has 1 N–H and O–H groups in total. The molecule has 1 aliphatic rings. The zero-order valence-electron chi connectivity index (χ0n) is 15.5. The maximum absolute atomic E-state index is 12.3. The van der Waals surface area contributed by atoms with Crippen LogP contribution in [0.1, 0.15) is 31.6 Å². The van der Waals surface area contributed by atoms with Gasteiger partial charge in [0.1, 0.15) is 0 Å². The standard InChI is InChI=1S/C19H22N6O2S/c26-16(7-1-8-17-23-18(24-27-17)15-6-3-12-28-15)22-14-5-2-11-25(13-14)19-20-9-4-10-21-19/h3-4,6,9-10,12,14H,1-2,5,7-8,11,13H2,(H,22,26). The van der Waals surface area contributed by atoms with E-state index in [4.69, 9.17) is 4.52 Å². The molecule has 3 aromatic heterocycles. The molecular weight excluding hydrogens is 376 g/mol. The average Bonchev–Trinajstić information content (AvgIpc) is 3.41. The zero-order valence-corrected chi connectivity index (χ0v) is 16.3. The molecule has 0 aromatic carbocycles. The number of nitrogens with zero attached hydrogens (tertiary/aromatic N) is 5. The highest BCUT2D eigenvalue weighted by molar-refractivity contribution is 7.13. The molecule has 28 heavy (non-hydrogen) atoms. The summed E-state index contributed by atoms with van der Waals surface area (Å²) < 4.78 is 5.28. The van der Waals surface area contributed by atoms with Gasteiger partial charge >= 0.3 is 0 Å².